The predicted molar refractivity (Wildman–Crippen MR) is 130 cm³/mol. The SMILES string of the molecule is Cc1sc(C(=O)Nc2cc(Cl)cc(NS(C)(=O)=O)c2)cc1-c1ncc(OC2CN(C)C2)cn1. The number of amides is 1. The molecule has 2 N–H and O–H groups in total. The topological polar surface area (TPSA) is 114 Å². The zero-order valence-corrected chi connectivity index (χ0v) is 20.5. The first kappa shape index (κ1) is 23.4. The van der Waals surface area contributed by atoms with Crippen molar-refractivity contribution in [2.24, 2.45) is 0 Å². The maximum absolute atomic E-state index is 12.8. The summed E-state index contributed by atoms with van der Waals surface area (Å²) >= 11 is 7.38. The molecule has 4 rings (SSSR count). The summed E-state index contributed by atoms with van der Waals surface area (Å²) in [6.07, 6.45) is 4.47. The molecule has 0 saturated carbocycles. The minimum absolute atomic E-state index is 0.155. The third-order valence-corrected chi connectivity index (χ3v) is 6.68. The first-order chi connectivity index (χ1) is 15.6. The molecule has 33 heavy (non-hydrogen) atoms. The maximum Gasteiger partial charge on any atom is 0.265 e. The molecule has 1 fully saturated rings. The van der Waals surface area contributed by atoms with Crippen LogP contribution in [0.4, 0.5) is 11.4 Å². The number of carbonyl (C=O) groups is 1. The Balaban J connectivity index is 1.47. The summed E-state index contributed by atoms with van der Waals surface area (Å²) in [5, 5.41) is 3.04. The minimum Gasteiger partial charge on any atom is -0.485 e. The highest BCUT2D eigenvalue weighted by atomic mass is 35.5. The van der Waals surface area contributed by atoms with Crippen LogP contribution in [0, 0.1) is 6.92 Å². The third-order valence-electron chi connectivity index (χ3n) is 4.80. The number of likely N-dealkylation sites (N-methyl/N-ethyl adjacent to an activating group) is 1. The van der Waals surface area contributed by atoms with Gasteiger partial charge in [0.15, 0.2) is 11.6 Å². The molecule has 0 aliphatic carbocycles. The van der Waals surface area contributed by atoms with Crippen molar-refractivity contribution >= 4 is 50.2 Å². The van der Waals surface area contributed by atoms with Gasteiger partial charge in [0, 0.05) is 34.2 Å². The van der Waals surface area contributed by atoms with E-state index in [1.807, 2.05) is 14.0 Å². The monoisotopic (exact) mass is 507 g/mol. The van der Waals surface area contributed by atoms with Crippen molar-refractivity contribution in [3.05, 3.63) is 51.4 Å². The summed E-state index contributed by atoms with van der Waals surface area (Å²) < 4.78 is 31.1. The lowest BCUT2D eigenvalue weighted by Crippen LogP contribution is -2.51. The van der Waals surface area contributed by atoms with Crippen molar-refractivity contribution < 1.29 is 17.9 Å². The number of hydrogen-bond donors (Lipinski definition) is 2. The van der Waals surface area contributed by atoms with Gasteiger partial charge < -0.3 is 10.1 Å². The second-order valence-electron chi connectivity index (χ2n) is 7.84. The normalized spacial score (nSPS) is 14.5. The number of rotatable bonds is 7. The Labute approximate surface area is 200 Å². The van der Waals surface area contributed by atoms with E-state index in [4.69, 9.17) is 16.3 Å². The summed E-state index contributed by atoms with van der Waals surface area (Å²) in [6.45, 7) is 3.65. The average Bonchev–Trinajstić information content (AvgIpc) is 3.07. The number of nitrogens with zero attached hydrogens (tertiary/aromatic N) is 3. The van der Waals surface area contributed by atoms with Crippen LogP contribution in [0.25, 0.3) is 11.4 Å². The van der Waals surface area contributed by atoms with Crippen LogP contribution in [0.1, 0.15) is 14.5 Å². The molecular formula is C21H22ClN5O4S2. The molecule has 3 heterocycles. The molecular weight excluding hydrogens is 486 g/mol. The van der Waals surface area contributed by atoms with Gasteiger partial charge in [0.2, 0.25) is 10.0 Å². The maximum atomic E-state index is 12.8. The molecule has 174 valence electrons. The van der Waals surface area contributed by atoms with Crippen LogP contribution in [0.5, 0.6) is 5.75 Å². The van der Waals surface area contributed by atoms with E-state index in [9.17, 15) is 13.2 Å². The number of ether oxygens (including phenoxy) is 1. The van der Waals surface area contributed by atoms with E-state index < -0.39 is 10.0 Å². The number of sulfonamides is 1. The van der Waals surface area contributed by atoms with E-state index in [0.29, 0.717) is 22.1 Å². The Morgan fingerprint density at radius 1 is 1.18 bits per heavy atom. The lowest BCUT2D eigenvalue weighted by atomic mass is 10.2. The Bertz CT molecular complexity index is 1290. The van der Waals surface area contributed by atoms with Gasteiger partial charge in [-0.3, -0.25) is 14.4 Å². The molecule has 0 unspecified atom stereocenters. The quantitative estimate of drug-likeness (QED) is 0.503. The number of anilines is 2. The Morgan fingerprint density at radius 3 is 2.48 bits per heavy atom. The number of carbonyl (C=O) groups excluding carboxylic acids is 1. The van der Waals surface area contributed by atoms with E-state index >= 15 is 0 Å². The van der Waals surface area contributed by atoms with Crippen molar-refractivity contribution in [3.8, 4) is 17.1 Å². The smallest absolute Gasteiger partial charge is 0.265 e. The van der Waals surface area contributed by atoms with Crippen LogP contribution >= 0.6 is 22.9 Å². The molecule has 1 amide bonds. The van der Waals surface area contributed by atoms with E-state index in [0.717, 1.165) is 29.8 Å². The van der Waals surface area contributed by atoms with Crippen LogP contribution in [-0.2, 0) is 10.0 Å². The fourth-order valence-electron chi connectivity index (χ4n) is 3.37. The van der Waals surface area contributed by atoms with Gasteiger partial charge in [0.1, 0.15) is 6.10 Å². The molecule has 1 aliphatic rings. The van der Waals surface area contributed by atoms with Gasteiger partial charge in [0.25, 0.3) is 5.91 Å². The number of benzene rings is 1. The minimum atomic E-state index is -3.48. The molecule has 3 aromatic rings. The molecule has 12 heteroatoms. The molecule has 1 aliphatic heterocycles. The van der Waals surface area contributed by atoms with Crippen LogP contribution in [-0.4, -0.2) is 61.7 Å². The highest BCUT2D eigenvalue weighted by Crippen LogP contribution is 2.31. The highest BCUT2D eigenvalue weighted by molar-refractivity contribution is 7.92. The number of halogens is 1. The first-order valence-electron chi connectivity index (χ1n) is 9.93. The van der Waals surface area contributed by atoms with E-state index in [1.165, 1.54) is 29.5 Å². The van der Waals surface area contributed by atoms with Crippen molar-refractivity contribution in [2.75, 3.05) is 36.4 Å². The van der Waals surface area contributed by atoms with Gasteiger partial charge in [-0.15, -0.1) is 11.3 Å². The van der Waals surface area contributed by atoms with Gasteiger partial charge in [0.05, 0.1) is 29.2 Å². The van der Waals surface area contributed by atoms with E-state index in [1.54, 1.807) is 18.5 Å². The zero-order chi connectivity index (χ0) is 23.8. The zero-order valence-electron chi connectivity index (χ0n) is 18.1. The fourth-order valence-corrected chi connectivity index (χ4v) is 5.06. The first-order valence-corrected chi connectivity index (χ1v) is 13.0. The Hall–Kier alpha value is -2.73. The number of nitrogens with one attached hydrogen (secondary N) is 2. The van der Waals surface area contributed by atoms with Gasteiger partial charge in [-0.2, -0.15) is 0 Å². The van der Waals surface area contributed by atoms with Gasteiger partial charge >= 0.3 is 0 Å². The van der Waals surface area contributed by atoms with Gasteiger partial charge in [-0.1, -0.05) is 11.6 Å². The summed E-state index contributed by atoms with van der Waals surface area (Å²) in [6, 6.07) is 6.22. The van der Waals surface area contributed by atoms with Gasteiger partial charge in [-0.25, -0.2) is 18.4 Å². The van der Waals surface area contributed by atoms with Gasteiger partial charge in [-0.05, 0) is 38.2 Å². The molecule has 1 saturated heterocycles. The average molecular weight is 508 g/mol. The molecule has 0 radical (unpaired) electrons. The van der Waals surface area contributed by atoms with Crippen molar-refractivity contribution in [2.45, 2.75) is 13.0 Å². The second-order valence-corrected chi connectivity index (χ2v) is 11.3. The van der Waals surface area contributed by atoms with E-state index in [-0.39, 0.29) is 22.7 Å². The molecule has 0 spiro atoms. The second kappa shape index (κ2) is 9.26. The molecule has 9 nitrogen and oxygen atoms in total. The number of aryl methyl sites for hydroxylation is 1. The van der Waals surface area contributed by atoms with Crippen molar-refractivity contribution in [1.82, 2.24) is 14.9 Å². The molecule has 0 bridgehead atoms. The summed E-state index contributed by atoms with van der Waals surface area (Å²) in [5.74, 6) is 0.765. The molecule has 2 aromatic heterocycles. The largest absolute Gasteiger partial charge is 0.485 e. The summed E-state index contributed by atoms with van der Waals surface area (Å²) in [5.41, 5.74) is 1.38. The van der Waals surface area contributed by atoms with Crippen molar-refractivity contribution in [3.63, 3.8) is 0 Å². The third kappa shape index (κ3) is 5.99. The number of thiophene rings is 1. The Kier molecular flexibility index (Phi) is 6.57. The number of likely N-dealkylation sites (tertiary alicyclic amines) is 1. The number of aromatic nitrogens is 2. The standard InChI is InChI=1S/C21H22ClN5O4S2/c1-12-18(20-23-8-16(9-24-20)31-17-10-27(2)11-17)7-19(32-12)21(28)25-14-4-13(22)5-15(6-14)26-33(3,29)30/h4-9,17,26H,10-11H2,1-3H3,(H,25,28). The molecule has 1 aromatic carbocycles. The lowest BCUT2D eigenvalue weighted by molar-refractivity contribution is 0.0383. The Morgan fingerprint density at radius 2 is 1.85 bits per heavy atom. The van der Waals surface area contributed by atoms with Crippen LogP contribution < -0.4 is 14.8 Å². The predicted octanol–water partition coefficient (Wildman–Crippen LogP) is 3.48. The van der Waals surface area contributed by atoms with E-state index in [2.05, 4.69) is 24.9 Å². The highest BCUT2D eigenvalue weighted by Gasteiger charge is 2.25. The fraction of sp³-hybridized carbons (Fsp3) is 0.286. The number of hydrogen-bond acceptors (Lipinski definition) is 8. The van der Waals surface area contributed by atoms with Crippen LogP contribution in [0.15, 0.2) is 36.7 Å². The summed E-state index contributed by atoms with van der Waals surface area (Å²) in [4.78, 5) is 25.1. The lowest BCUT2D eigenvalue weighted by Gasteiger charge is -2.35. The van der Waals surface area contributed by atoms with Crippen LogP contribution in [0.3, 0.4) is 0 Å². The van der Waals surface area contributed by atoms with Crippen molar-refractivity contribution in [1.29, 1.82) is 0 Å². The van der Waals surface area contributed by atoms with Crippen LogP contribution in [0.2, 0.25) is 5.02 Å². The summed E-state index contributed by atoms with van der Waals surface area (Å²) in [7, 11) is -1.45. The molecule has 0 atom stereocenters.